The average Bonchev–Trinajstić information content (AvgIpc) is 2.93. The Morgan fingerprint density at radius 2 is 2.00 bits per heavy atom. The van der Waals surface area contributed by atoms with Crippen LogP contribution in [0.4, 0.5) is 0 Å². The largest absolute Gasteiger partial charge is 0.335 e. The zero-order valence-electron chi connectivity index (χ0n) is 14.0. The third kappa shape index (κ3) is 2.64. The van der Waals surface area contributed by atoms with Gasteiger partial charge in [-0.1, -0.05) is 19.3 Å². The predicted molar refractivity (Wildman–Crippen MR) is 84.2 cm³/mol. The molecule has 1 aliphatic heterocycles. The number of rotatable bonds is 2. The Morgan fingerprint density at radius 1 is 1.27 bits per heavy atom. The second-order valence-electron chi connectivity index (χ2n) is 6.90. The molecule has 0 radical (unpaired) electrons. The van der Waals surface area contributed by atoms with Gasteiger partial charge in [0.15, 0.2) is 0 Å². The van der Waals surface area contributed by atoms with Gasteiger partial charge in [0.05, 0.1) is 11.6 Å². The summed E-state index contributed by atoms with van der Waals surface area (Å²) in [5.74, 6) is 1.23. The van der Waals surface area contributed by atoms with E-state index in [0.717, 1.165) is 38.3 Å². The molecule has 6 nitrogen and oxygen atoms in total. The molecule has 1 amide bonds. The molecule has 122 valence electrons. The summed E-state index contributed by atoms with van der Waals surface area (Å²) in [6, 6.07) is 0.236. The Labute approximate surface area is 132 Å². The first-order valence-electron chi connectivity index (χ1n) is 8.40. The molecule has 0 N–H and O–H groups in total. The SMILES string of the molecule is CC(=O)N1CCN(C(C)c2nncn2C)CC12CCCCC2. The van der Waals surface area contributed by atoms with Gasteiger partial charge in [0.25, 0.3) is 0 Å². The third-order valence-electron chi connectivity index (χ3n) is 5.51. The molecule has 1 saturated heterocycles. The Kier molecular flexibility index (Phi) is 4.21. The number of nitrogens with zero attached hydrogens (tertiary/aromatic N) is 5. The summed E-state index contributed by atoms with van der Waals surface area (Å²) in [7, 11) is 1.99. The molecule has 6 heteroatoms. The molecule has 1 unspecified atom stereocenters. The van der Waals surface area contributed by atoms with E-state index in [1.165, 1.54) is 19.3 Å². The van der Waals surface area contributed by atoms with Crippen LogP contribution in [0, 0.1) is 0 Å². The Morgan fingerprint density at radius 3 is 2.59 bits per heavy atom. The highest BCUT2D eigenvalue weighted by Gasteiger charge is 2.44. The molecular weight excluding hydrogens is 278 g/mol. The highest BCUT2D eigenvalue weighted by Crippen LogP contribution is 2.38. The molecule has 2 heterocycles. The van der Waals surface area contributed by atoms with Crippen molar-refractivity contribution in [2.75, 3.05) is 19.6 Å². The van der Waals surface area contributed by atoms with Crippen LogP contribution in [0.1, 0.15) is 57.8 Å². The summed E-state index contributed by atoms with van der Waals surface area (Å²) in [4.78, 5) is 16.7. The van der Waals surface area contributed by atoms with Gasteiger partial charge in [0, 0.05) is 33.6 Å². The summed E-state index contributed by atoms with van der Waals surface area (Å²) >= 11 is 0. The first-order valence-corrected chi connectivity index (χ1v) is 8.40. The maximum Gasteiger partial charge on any atom is 0.219 e. The Balaban J connectivity index is 1.81. The first-order chi connectivity index (χ1) is 10.5. The second-order valence-corrected chi connectivity index (χ2v) is 6.90. The highest BCUT2D eigenvalue weighted by molar-refractivity contribution is 5.74. The zero-order valence-corrected chi connectivity index (χ0v) is 14.0. The summed E-state index contributed by atoms with van der Waals surface area (Å²) in [5.41, 5.74) is 0.0369. The van der Waals surface area contributed by atoms with Crippen molar-refractivity contribution in [2.24, 2.45) is 7.05 Å². The maximum atomic E-state index is 12.1. The van der Waals surface area contributed by atoms with Crippen molar-refractivity contribution in [3.8, 4) is 0 Å². The molecule has 1 atom stereocenters. The normalized spacial score (nSPS) is 23.7. The van der Waals surface area contributed by atoms with Crippen LogP contribution in [-0.4, -0.2) is 55.6 Å². The van der Waals surface area contributed by atoms with E-state index >= 15 is 0 Å². The van der Waals surface area contributed by atoms with Gasteiger partial charge in [-0.05, 0) is 19.8 Å². The lowest BCUT2D eigenvalue weighted by molar-refractivity contribution is -0.143. The van der Waals surface area contributed by atoms with Gasteiger partial charge < -0.3 is 9.47 Å². The lowest BCUT2D eigenvalue weighted by Crippen LogP contribution is -2.64. The van der Waals surface area contributed by atoms with Crippen molar-refractivity contribution in [3.05, 3.63) is 12.2 Å². The number of piperazine rings is 1. The number of aromatic nitrogens is 3. The molecule has 1 aliphatic carbocycles. The minimum absolute atomic E-state index is 0.0369. The lowest BCUT2D eigenvalue weighted by atomic mass is 9.78. The van der Waals surface area contributed by atoms with E-state index in [2.05, 4.69) is 26.9 Å². The van der Waals surface area contributed by atoms with Crippen LogP contribution in [0.15, 0.2) is 6.33 Å². The number of carbonyl (C=O) groups excluding carboxylic acids is 1. The summed E-state index contributed by atoms with van der Waals surface area (Å²) in [5, 5.41) is 8.28. The van der Waals surface area contributed by atoms with Gasteiger partial charge >= 0.3 is 0 Å². The minimum atomic E-state index is 0.0369. The van der Waals surface area contributed by atoms with E-state index in [4.69, 9.17) is 0 Å². The van der Waals surface area contributed by atoms with Crippen LogP contribution in [0.5, 0.6) is 0 Å². The fraction of sp³-hybridized carbons (Fsp3) is 0.812. The molecular formula is C16H27N5O. The number of hydrogen-bond donors (Lipinski definition) is 0. The summed E-state index contributed by atoms with van der Waals surface area (Å²) in [6.07, 6.45) is 7.79. The van der Waals surface area contributed by atoms with Crippen molar-refractivity contribution >= 4 is 5.91 Å². The quantitative estimate of drug-likeness (QED) is 0.835. The third-order valence-corrected chi connectivity index (χ3v) is 5.51. The molecule has 0 bridgehead atoms. The van der Waals surface area contributed by atoms with Crippen molar-refractivity contribution in [2.45, 2.75) is 57.5 Å². The van der Waals surface area contributed by atoms with Crippen LogP contribution in [0.3, 0.4) is 0 Å². The molecule has 0 aromatic carbocycles. The second kappa shape index (κ2) is 5.99. The average molecular weight is 305 g/mol. The molecule has 1 aromatic heterocycles. The smallest absolute Gasteiger partial charge is 0.219 e. The van der Waals surface area contributed by atoms with Gasteiger partial charge in [0.2, 0.25) is 5.91 Å². The van der Waals surface area contributed by atoms with Crippen molar-refractivity contribution < 1.29 is 4.79 Å². The van der Waals surface area contributed by atoms with Crippen LogP contribution >= 0.6 is 0 Å². The van der Waals surface area contributed by atoms with E-state index in [1.807, 2.05) is 11.6 Å². The predicted octanol–water partition coefficient (Wildman–Crippen LogP) is 1.74. The van der Waals surface area contributed by atoms with Crippen LogP contribution in [0.2, 0.25) is 0 Å². The molecule has 2 aliphatic rings. The molecule has 22 heavy (non-hydrogen) atoms. The lowest BCUT2D eigenvalue weighted by Gasteiger charge is -2.53. The van der Waals surface area contributed by atoms with Crippen LogP contribution in [0.25, 0.3) is 0 Å². The Bertz CT molecular complexity index is 534. The number of amides is 1. The van der Waals surface area contributed by atoms with Crippen molar-refractivity contribution in [3.63, 3.8) is 0 Å². The maximum absolute atomic E-state index is 12.1. The zero-order chi connectivity index (χ0) is 15.7. The van der Waals surface area contributed by atoms with Crippen LogP contribution in [-0.2, 0) is 11.8 Å². The molecule has 1 saturated carbocycles. The van der Waals surface area contributed by atoms with E-state index in [0.29, 0.717) is 0 Å². The van der Waals surface area contributed by atoms with E-state index < -0.39 is 0 Å². The van der Waals surface area contributed by atoms with Gasteiger partial charge in [-0.25, -0.2) is 0 Å². The van der Waals surface area contributed by atoms with Crippen molar-refractivity contribution in [1.82, 2.24) is 24.6 Å². The van der Waals surface area contributed by atoms with Gasteiger partial charge in [0.1, 0.15) is 12.2 Å². The Hall–Kier alpha value is -1.43. The van der Waals surface area contributed by atoms with Gasteiger partial charge in [-0.15, -0.1) is 10.2 Å². The van der Waals surface area contributed by atoms with E-state index in [1.54, 1.807) is 13.3 Å². The van der Waals surface area contributed by atoms with Crippen LogP contribution < -0.4 is 0 Å². The summed E-state index contributed by atoms with van der Waals surface area (Å²) in [6.45, 7) is 6.62. The van der Waals surface area contributed by atoms with Crippen molar-refractivity contribution in [1.29, 1.82) is 0 Å². The fourth-order valence-electron chi connectivity index (χ4n) is 4.30. The number of aryl methyl sites for hydroxylation is 1. The summed E-state index contributed by atoms with van der Waals surface area (Å²) < 4.78 is 2.00. The van der Waals surface area contributed by atoms with E-state index in [-0.39, 0.29) is 17.5 Å². The molecule has 1 spiro atoms. The molecule has 2 fully saturated rings. The van der Waals surface area contributed by atoms with Gasteiger partial charge in [-0.3, -0.25) is 9.69 Å². The number of hydrogen-bond acceptors (Lipinski definition) is 4. The minimum Gasteiger partial charge on any atom is -0.335 e. The highest BCUT2D eigenvalue weighted by atomic mass is 16.2. The monoisotopic (exact) mass is 305 g/mol. The fourth-order valence-corrected chi connectivity index (χ4v) is 4.30. The van der Waals surface area contributed by atoms with Gasteiger partial charge in [-0.2, -0.15) is 0 Å². The molecule has 1 aromatic rings. The first kappa shape index (κ1) is 15.5. The molecule has 3 rings (SSSR count). The van der Waals surface area contributed by atoms with E-state index in [9.17, 15) is 4.79 Å². The number of carbonyl (C=O) groups is 1. The topological polar surface area (TPSA) is 54.3 Å². The standard InChI is InChI=1S/C16H27N5O/c1-13(15-18-17-12-19(15)3)20-9-10-21(14(2)22)16(11-20)7-5-4-6-8-16/h12-13H,4-11H2,1-3H3.